The highest BCUT2D eigenvalue weighted by atomic mass is 16.6. The molecule has 6 nitrogen and oxygen atoms in total. The Hall–Kier alpha value is -2.37. The van der Waals surface area contributed by atoms with Gasteiger partial charge in [0.25, 0.3) is 0 Å². The minimum Gasteiger partial charge on any atom is -0.486 e. The standard InChI is InChI=1S/C12H12N2O4/c1-7-3-4-9(12(15)16)11(5-7)17-6-10-8(2)13-18-14-10/h3-5H,6H2,1-2H3,(H,15,16). The summed E-state index contributed by atoms with van der Waals surface area (Å²) in [4.78, 5) is 11.0. The Bertz CT molecular complexity index is 577. The largest absolute Gasteiger partial charge is 0.486 e. The van der Waals surface area contributed by atoms with Gasteiger partial charge in [0, 0.05) is 0 Å². The summed E-state index contributed by atoms with van der Waals surface area (Å²) in [7, 11) is 0. The predicted molar refractivity (Wildman–Crippen MR) is 61.5 cm³/mol. The van der Waals surface area contributed by atoms with E-state index in [0.717, 1.165) is 5.56 Å². The number of rotatable bonds is 4. The van der Waals surface area contributed by atoms with Gasteiger partial charge in [-0.05, 0) is 31.5 Å². The molecule has 6 heteroatoms. The zero-order chi connectivity index (χ0) is 13.1. The van der Waals surface area contributed by atoms with E-state index in [1.807, 2.05) is 6.92 Å². The van der Waals surface area contributed by atoms with Crippen molar-refractivity contribution in [3.63, 3.8) is 0 Å². The normalized spacial score (nSPS) is 10.3. The molecule has 0 saturated heterocycles. The molecular weight excluding hydrogens is 236 g/mol. The van der Waals surface area contributed by atoms with E-state index in [1.54, 1.807) is 19.1 Å². The van der Waals surface area contributed by atoms with Gasteiger partial charge in [0.1, 0.15) is 29.3 Å². The first kappa shape index (κ1) is 12.1. The molecule has 1 heterocycles. The van der Waals surface area contributed by atoms with Crippen LogP contribution in [0.15, 0.2) is 22.8 Å². The number of carbonyl (C=O) groups is 1. The summed E-state index contributed by atoms with van der Waals surface area (Å²) in [6.07, 6.45) is 0. The van der Waals surface area contributed by atoms with Gasteiger partial charge in [-0.3, -0.25) is 0 Å². The van der Waals surface area contributed by atoms with Crippen molar-refractivity contribution < 1.29 is 19.3 Å². The number of benzene rings is 1. The monoisotopic (exact) mass is 248 g/mol. The summed E-state index contributed by atoms with van der Waals surface area (Å²) in [5.74, 6) is -0.718. The summed E-state index contributed by atoms with van der Waals surface area (Å²) in [6.45, 7) is 3.73. The number of aryl methyl sites for hydroxylation is 2. The van der Waals surface area contributed by atoms with Crippen LogP contribution in [0.1, 0.15) is 27.3 Å². The number of carboxylic acids is 1. The Balaban J connectivity index is 2.20. The molecule has 1 aromatic carbocycles. The molecule has 0 spiro atoms. The molecule has 0 saturated carbocycles. The van der Waals surface area contributed by atoms with E-state index < -0.39 is 5.97 Å². The molecule has 1 N–H and O–H groups in total. The van der Waals surface area contributed by atoms with Gasteiger partial charge in [0.2, 0.25) is 0 Å². The van der Waals surface area contributed by atoms with Crippen molar-refractivity contribution in [3.05, 3.63) is 40.7 Å². The van der Waals surface area contributed by atoms with E-state index in [4.69, 9.17) is 9.84 Å². The fourth-order valence-corrected chi connectivity index (χ4v) is 1.45. The van der Waals surface area contributed by atoms with Crippen molar-refractivity contribution in [3.8, 4) is 5.75 Å². The van der Waals surface area contributed by atoms with Crippen molar-refractivity contribution in [2.75, 3.05) is 0 Å². The number of aromatic carboxylic acids is 1. The smallest absolute Gasteiger partial charge is 0.339 e. The Morgan fingerprint density at radius 3 is 2.78 bits per heavy atom. The minimum atomic E-state index is -1.03. The molecule has 0 aliphatic carbocycles. The Kier molecular flexibility index (Phi) is 3.27. The number of hydrogen-bond acceptors (Lipinski definition) is 5. The van der Waals surface area contributed by atoms with Gasteiger partial charge in [-0.25, -0.2) is 9.42 Å². The molecule has 18 heavy (non-hydrogen) atoms. The van der Waals surface area contributed by atoms with Gasteiger partial charge in [-0.15, -0.1) is 0 Å². The van der Waals surface area contributed by atoms with Crippen LogP contribution >= 0.6 is 0 Å². The molecule has 0 atom stereocenters. The molecule has 2 rings (SSSR count). The van der Waals surface area contributed by atoms with Crippen molar-refractivity contribution in [1.29, 1.82) is 0 Å². The quantitative estimate of drug-likeness (QED) is 0.890. The van der Waals surface area contributed by atoms with Gasteiger partial charge >= 0.3 is 5.97 Å². The molecule has 1 aromatic heterocycles. The Morgan fingerprint density at radius 1 is 1.39 bits per heavy atom. The first-order valence-electron chi connectivity index (χ1n) is 5.32. The van der Waals surface area contributed by atoms with Gasteiger partial charge < -0.3 is 9.84 Å². The zero-order valence-corrected chi connectivity index (χ0v) is 10.0. The number of nitrogens with zero attached hydrogens (tertiary/aromatic N) is 2. The zero-order valence-electron chi connectivity index (χ0n) is 10.0. The minimum absolute atomic E-state index is 0.120. The second kappa shape index (κ2) is 4.87. The maximum Gasteiger partial charge on any atom is 0.339 e. The highest BCUT2D eigenvalue weighted by Crippen LogP contribution is 2.21. The maximum absolute atomic E-state index is 11.0. The second-order valence-electron chi connectivity index (χ2n) is 3.89. The highest BCUT2D eigenvalue weighted by Gasteiger charge is 2.13. The van der Waals surface area contributed by atoms with E-state index in [1.165, 1.54) is 6.07 Å². The first-order chi connectivity index (χ1) is 8.58. The third kappa shape index (κ3) is 2.48. The second-order valence-corrected chi connectivity index (χ2v) is 3.89. The van der Waals surface area contributed by atoms with Gasteiger partial charge in [0.15, 0.2) is 0 Å². The van der Waals surface area contributed by atoms with Crippen molar-refractivity contribution in [2.45, 2.75) is 20.5 Å². The van der Waals surface area contributed by atoms with Crippen LogP contribution in [0.3, 0.4) is 0 Å². The molecule has 2 aromatic rings. The summed E-state index contributed by atoms with van der Waals surface area (Å²) in [5, 5.41) is 16.3. The average molecular weight is 248 g/mol. The van der Waals surface area contributed by atoms with Crippen LogP contribution in [0.5, 0.6) is 5.75 Å². The van der Waals surface area contributed by atoms with Crippen LogP contribution in [-0.2, 0) is 6.61 Å². The third-order valence-corrected chi connectivity index (χ3v) is 2.48. The maximum atomic E-state index is 11.0. The summed E-state index contributed by atoms with van der Waals surface area (Å²) < 4.78 is 10.00. The molecule has 0 bridgehead atoms. The van der Waals surface area contributed by atoms with Crippen LogP contribution < -0.4 is 4.74 Å². The highest BCUT2D eigenvalue weighted by molar-refractivity contribution is 5.90. The molecule has 94 valence electrons. The van der Waals surface area contributed by atoms with Gasteiger partial charge in [-0.2, -0.15) is 0 Å². The lowest BCUT2D eigenvalue weighted by Gasteiger charge is -2.08. The van der Waals surface area contributed by atoms with Gasteiger partial charge in [0.05, 0.1) is 0 Å². The predicted octanol–water partition coefficient (Wildman–Crippen LogP) is 1.96. The SMILES string of the molecule is Cc1ccc(C(=O)O)c(OCc2nonc2C)c1. The number of ether oxygens (including phenoxy) is 1. The summed E-state index contributed by atoms with van der Waals surface area (Å²) >= 11 is 0. The van der Waals surface area contributed by atoms with E-state index in [0.29, 0.717) is 17.1 Å². The Morgan fingerprint density at radius 2 is 2.17 bits per heavy atom. The summed E-state index contributed by atoms with van der Waals surface area (Å²) in [6, 6.07) is 4.91. The van der Waals surface area contributed by atoms with Crippen LogP contribution in [-0.4, -0.2) is 21.4 Å². The molecular formula is C12H12N2O4. The van der Waals surface area contributed by atoms with Crippen molar-refractivity contribution >= 4 is 5.97 Å². The molecule has 0 aliphatic rings. The fraction of sp³-hybridized carbons (Fsp3) is 0.250. The molecule has 0 unspecified atom stereocenters. The molecule has 0 fully saturated rings. The number of carboxylic acid groups (broad SMARTS) is 1. The first-order valence-corrected chi connectivity index (χ1v) is 5.32. The van der Waals surface area contributed by atoms with E-state index in [-0.39, 0.29) is 12.2 Å². The lowest BCUT2D eigenvalue weighted by molar-refractivity contribution is 0.0691. The van der Waals surface area contributed by atoms with E-state index in [9.17, 15) is 4.79 Å². The van der Waals surface area contributed by atoms with Crippen molar-refractivity contribution in [1.82, 2.24) is 10.3 Å². The van der Waals surface area contributed by atoms with Crippen LogP contribution in [0, 0.1) is 13.8 Å². The average Bonchev–Trinajstić information content (AvgIpc) is 2.72. The number of aromatic nitrogens is 2. The molecule has 0 radical (unpaired) electrons. The lowest BCUT2D eigenvalue weighted by Crippen LogP contribution is -2.04. The fourth-order valence-electron chi connectivity index (χ4n) is 1.45. The summed E-state index contributed by atoms with van der Waals surface area (Å²) in [5.41, 5.74) is 2.21. The third-order valence-electron chi connectivity index (χ3n) is 2.48. The molecule has 0 amide bonds. The lowest BCUT2D eigenvalue weighted by atomic mass is 10.1. The van der Waals surface area contributed by atoms with E-state index in [2.05, 4.69) is 14.9 Å². The molecule has 0 aliphatic heterocycles. The van der Waals surface area contributed by atoms with E-state index >= 15 is 0 Å². The van der Waals surface area contributed by atoms with Crippen LogP contribution in [0.2, 0.25) is 0 Å². The van der Waals surface area contributed by atoms with Crippen LogP contribution in [0.25, 0.3) is 0 Å². The van der Waals surface area contributed by atoms with Crippen LogP contribution in [0.4, 0.5) is 0 Å². The van der Waals surface area contributed by atoms with Crippen molar-refractivity contribution in [2.24, 2.45) is 0 Å². The Labute approximate surface area is 103 Å². The number of hydrogen-bond donors (Lipinski definition) is 1. The van der Waals surface area contributed by atoms with Gasteiger partial charge in [-0.1, -0.05) is 16.4 Å². The topological polar surface area (TPSA) is 85.5 Å².